The van der Waals surface area contributed by atoms with Gasteiger partial charge in [-0.1, -0.05) is 43.2 Å². The number of hydrogen-bond donors (Lipinski definition) is 2. The highest BCUT2D eigenvalue weighted by Gasteiger charge is 2.17. The Bertz CT molecular complexity index is 1020. The molecule has 1 aliphatic carbocycles. The third-order valence-electron chi connectivity index (χ3n) is 5.29. The van der Waals surface area contributed by atoms with Crippen molar-refractivity contribution in [1.29, 1.82) is 0 Å². The van der Waals surface area contributed by atoms with Crippen molar-refractivity contribution in [2.75, 3.05) is 11.4 Å². The van der Waals surface area contributed by atoms with Crippen LogP contribution in [0.1, 0.15) is 55.3 Å². The van der Waals surface area contributed by atoms with E-state index in [9.17, 15) is 14.5 Å². The van der Waals surface area contributed by atoms with E-state index in [1.807, 2.05) is 35.2 Å². The first kappa shape index (κ1) is 24.7. The molecule has 0 radical (unpaired) electrons. The summed E-state index contributed by atoms with van der Waals surface area (Å²) in [6.45, 7) is 0.501. The highest BCUT2D eigenvalue weighted by atomic mass is 16.3. The summed E-state index contributed by atoms with van der Waals surface area (Å²) < 4.78 is 0. The van der Waals surface area contributed by atoms with Crippen molar-refractivity contribution in [3.63, 3.8) is 0 Å². The number of carbonyl (C=O) groups excluding carboxylic acids is 2. The third kappa shape index (κ3) is 7.04. The molecule has 0 atom stereocenters. The van der Waals surface area contributed by atoms with Gasteiger partial charge in [0.05, 0.1) is 10.8 Å². The molecular weight excluding hydrogens is 434 g/mol. The van der Waals surface area contributed by atoms with Gasteiger partial charge < -0.3 is 5.32 Å². The standard InChI is InChI=1S/C24H29N7O3/c25-31(29-34)22(32)15-9-1-2-10-16-26-23(33)19-17-27-24(28-18-19)30(20-11-5-3-6-12-20)21-13-7-4-8-14-21/h3,5-7,11-14,17-18H,1-2,4,8-10,15-16,25H2,(H,26,33). The number of allylic oxidation sites excluding steroid dienone is 3. The van der Waals surface area contributed by atoms with Crippen molar-refractivity contribution in [3.05, 3.63) is 77.1 Å². The monoisotopic (exact) mass is 463 g/mol. The van der Waals surface area contributed by atoms with Crippen LogP contribution in [0, 0.1) is 4.91 Å². The highest BCUT2D eigenvalue weighted by Crippen LogP contribution is 2.29. The summed E-state index contributed by atoms with van der Waals surface area (Å²) in [5.41, 5.74) is 2.33. The molecular formula is C24H29N7O3. The summed E-state index contributed by atoms with van der Waals surface area (Å²) in [4.78, 5) is 44.9. The molecule has 178 valence electrons. The van der Waals surface area contributed by atoms with Crippen molar-refractivity contribution in [2.45, 2.75) is 44.9 Å². The molecule has 1 aromatic heterocycles. The quantitative estimate of drug-likeness (QED) is 0.160. The lowest BCUT2D eigenvalue weighted by Crippen LogP contribution is -2.31. The van der Waals surface area contributed by atoms with E-state index in [4.69, 9.17) is 5.84 Å². The Hall–Kier alpha value is -3.92. The molecule has 10 heteroatoms. The molecule has 2 amide bonds. The molecule has 0 bridgehead atoms. The number of anilines is 2. The van der Waals surface area contributed by atoms with Crippen LogP contribution in [-0.4, -0.2) is 33.4 Å². The minimum Gasteiger partial charge on any atom is -0.352 e. The minimum absolute atomic E-state index is 0.172. The number of para-hydroxylation sites is 1. The number of nitroso groups, excluding NO2 is 1. The van der Waals surface area contributed by atoms with Crippen LogP contribution in [0.2, 0.25) is 0 Å². The van der Waals surface area contributed by atoms with Gasteiger partial charge in [-0.15, -0.1) is 10.0 Å². The Morgan fingerprint density at radius 2 is 1.76 bits per heavy atom. The van der Waals surface area contributed by atoms with E-state index in [2.05, 4.69) is 38.8 Å². The largest absolute Gasteiger partial charge is 0.352 e. The molecule has 10 nitrogen and oxygen atoms in total. The lowest BCUT2D eigenvalue weighted by atomic mass is 10.1. The molecule has 0 unspecified atom stereocenters. The average Bonchev–Trinajstić information content (AvgIpc) is 2.89. The molecule has 0 aliphatic heterocycles. The van der Waals surface area contributed by atoms with Gasteiger partial charge in [0, 0.05) is 36.7 Å². The number of nitrogens with zero attached hydrogens (tertiary/aromatic N) is 5. The first-order chi connectivity index (χ1) is 16.6. The lowest BCUT2D eigenvalue weighted by Gasteiger charge is -2.25. The fraction of sp³-hybridized carbons (Fsp3) is 0.333. The fourth-order valence-corrected chi connectivity index (χ4v) is 3.50. The van der Waals surface area contributed by atoms with Crippen LogP contribution in [0.4, 0.5) is 11.6 Å². The van der Waals surface area contributed by atoms with Crippen molar-refractivity contribution < 1.29 is 9.59 Å². The van der Waals surface area contributed by atoms with Gasteiger partial charge in [0.1, 0.15) is 0 Å². The van der Waals surface area contributed by atoms with Gasteiger partial charge in [0.25, 0.3) is 11.8 Å². The van der Waals surface area contributed by atoms with E-state index in [0.29, 0.717) is 29.6 Å². The van der Waals surface area contributed by atoms with E-state index >= 15 is 0 Å². The smallest absolute Gasteiger partial charge is 0.260 e. The SMILES string of the molecule is NN(N=O)C(=O)CCCCCCNC(=O)c1cnc(N(C2=CCCC=C2)c2ccccc2)nc1. The molecule has 1 aromatic carbocycles. The topological polar surface area (TPSA) is 134 Å². The molecule has 3 rings (SSSR count). The van der Waals surface area contributed by atoms with Crippen LogP contribution in [0.15, 0.2) is 71.9 Å². The van der Waals surface area contributed by atoms with E-state index in [-0.39, 0.29) is 12.3 Å². The third-order valence-corrected chi connectivity index (χ3v) is 5.29. The molecule has 3 N–H and O–H groups in total. The van der Waals surface area contributed by atoms with Gasteiger partial charge in [-0.2, -0.15) is 0 Å². The summed E-state index contributed by atoms with van der Waals surface area (Å²) in [6.07, 6.45) is 14.5. The van der Waals surface area contributed by atoms with Crippen LogP contribution in [-0.2, 0) is 4.79 Å². The van der Waals surface area contributed by atoms with E-state index in [1.165, 1.54) is 12.4 Å². The maximum Gasteiger partial charge on any atom is 0.260 e. The van der Waals surface area contributed by atoms with Gasteiger partial charge in [0.2, 0.25) is 5.95 Å². The minimum atomic E-state index is -0.506. The van der Waals surface area contributed by atoms with Crippen LogP contribution < -0.4 is 16.1 Å². The second-order valence-electron chi connectivity index (χ2n) is 7.79. The summed E-state index contributed by atoms with van der Waals surface area (Å²) in [6, 6.07) is 9.87. The average molecular weight is 464 g/mol. The normalized spacial score (nSPS) is 12.6. The predicted molar refractivity (Wildman–Crippen MR) is 129 cm³/mol. The first-order valence-electron chi connectivity index (χ1n) is 11.3. The van der Waals surface area contributed by atoms with Gasteiger partial charge in [0.15, 0.2) is 0 Å². The predicted octanol–water partition coefficient (Wildman–Crippen LogP) is 3.91. The molecule has 0 spiro atoms. The number of nitrogens with one attached hydrogen (secondary N) is 1. The molecule has 34 heavy (non-hydrogen) atoms. The number of unbranched alkanes of at least 4 members (excludes halogenated alkanes) is 3. The van der Waals surface area contributed by atoms with Crippen LogP contribution in [0.3, 0.4) is 0 Å². The van der Waals surface area contributed by atoms with E-state index in [0.717, 1.165) is 43.5 Å². The first-order valence-corrected chi connectivity index (χ1v) is 11.3. The van der Waals surface area contributed by atoms with Gasteiger partial charge in [-0.25, -0.2) is 15.8 Å². The molecule has 0 saturated carbocycles. The number of amides is 2. The summed E-state index contributed by atoms with van der Waals surface area (Å²) in [5.74, 6) is 4.85. The van der Waals surface area contributed by atoms with Crippen LogP contribution in [0.25, 0.3) is 0 Å². The number of hydrogen-bond acceptors (Lipinski definition) is 8. The molecule has 0 saturated heterocycles. The molecule has 1 heterocycles. The Morgan fingerprint density at radius 1 is 1.03 bits per heavy atom. The van der Waals surface area contributed by atoms with Crippen LogP contribution in [0.5, 0.6) is 0 Å². The lowest BCUT2D eigenvalue weighted by molar-refractivity contribution is -0.131. The van der Waals surface area contributed by atoms with Crippen molar-refractivity contribution in [1.82, 2.24) is 20.4 Å². The zero-order valence-electron chi connectivity index (χ0n) is 19.0. The Balaban J connectivity index is 1.49. The fourth-order valence-electron chi connectivity index (χ4n) is 3.50. The maximum absolute atomic E-state index is 12.5. The Morgan fingerprint density at radius 3 is 2.44 bits per heavy atom. The van der Waals surface area contributed by atoms with Gasteiger partial charge >= 0.3 is 0 Å². The Kier molecular flexibility index (Phi) is 9.41. The maximum atomic E-state index is 12.5. The van der Waals surface area contributed by atoms with E-state index in [1.54, 1.807) is 0 Å². The zero-order valence-corrected chi connectivity index (χ0v) is 19.0. The highest BCUT2D eigenvalue weighted by molar-refractivity contribution is 5.93. The van der Waals surface area contributed by atoms with Crippen molar-refractivity contribution in [3.8, 4) is 0 Å². The number of carbonyl (C=O) groups is 2. The van der Waals surface area contributed by atoms with E-state index < -0.39 is 5.91 Å². The number of aromatic nitrogens is 2. The number of nitrogens with two attached hydrogens (primary N) is 1. The van der Waals surface area contributed by atoms with Crippen molar-refractivity contribution >= 4 is 23.5 Å². The second kappa shape index (κ2) is 12.9. The van der Waals surface area contributed by atoms with Gasteiger partial charge in [-0.05, 0) is 43.9 Å². The van der Waals surface area contributed by atoms with Crippen LogP contribution >= 0.6 is 0 Å². The number of hydrazine groups is 1. The summed E-state index contributed by atoms with van der Waals surface area (Å²) in [5, 5.41) is 5.54. The number of rotatable bonds is 12. The zero-order chi connectivity index (χ0) is 24.2. The van der Waals surface area contributed by atoms with Gasteiger partial charge in [-0.3, -0.25) is 14.5 Å². The second-order valence-corrected chi connectivity index (χ2v) is 7.79. The Labute approximate surface area is 198 Å². The van der Waals surface area contributed by atoms with Crippen molar-refractivity contribution in [2.24, 2.45) is 11.1 Å². The number of benzene rings is 1. The molecule has 0 fully saturated rings. The summed E-state index contributed by atoms with van der Waals surface area (Å²) in [7, 11) is 0. The molecule has 1 aliphatic rings. The summed E-state index contributed by atoms with van der Waals surface area (Å²) >= 11 is 0. The molecule has 2 aromatic rings.